The molecule has 1 aliphatic rings. The van der Waals surface area contributed by atoms with Crippen molar-refractivity contribution in [3.63, 3.8) is 0 Å². The second-order valence-corrected chi connectivity index (χ2v) is 14.1. The topological polar surface area (TPSA) is 43.6 Å². The van der Waals surface area contributed by atoms with Gasteiger partial charge in [-0.1, -0.05) is 171 Å². The zero-order valence-electron chi connectivity index (χ0n) is 29.8. The van der Waals surface area contributed by atoms with Crippen molar-refractivity contribution in [1.29, 1.82) is 0 Å². The van der Waals surface area contributed by atoms with E-state index in [0.29, 0.717) is 0 Å². The van der Waals surface area contributed by atoms with Gasteiger partial charge in [0.1, 0.15) is 0 Å². The highest BCUT2D eigenvalue weighted by molar-refractivity contribution is 6.23. The molecular formula is C50H36N4. The number of pyridine rings is 1. The summed E-state index contributed by atoms with van der Waals surface area (Å²) in [4.78, 5) is 15.6. The number of para-hydroxylation sites is 2. The molecule has 4 heteroatoms. The van der Waals surface area contributed by atoms with Gasteiger partial charge in [0.25, 0.3) is 0 Å². The summed E-state index contributed by atoms with van der Waals surface area (Å²) in [5.41, 5.74) is 13.0. The fourth-order valence-corrected chi connectivity index (χ4v) is 8.04. The van der Waals surface area contributed by atoms with E-state index in [1.165, 1.54) is 32.9 Å². The monoisotopic (exact) mass is 692 g/mol. The van der Waals surface area contributed by atoms with E-state index in [9.17, 15) is 0 Å². The van der Waals surface area contributed by atoms with Crippen molar-refractivity contribution < 1.29 is 0 Å². The number of allylic oxidation sites excluding steroid dienone is 4. The fraction of sp³-hybridized carbons (Fsp3) is 0.0600. The number of fused-ring (bicyclic) bond motifs is 5. The van der Waals surface area contributed by atoms with Crippen LogP contribution in [0.3, 0.4) is 0 Å². The van der Waals surface area contributed by atoms with Gasteiger partial charge in [0.15, 0.2) is 5.82 Å². The third kappa shape index (κ3) is 5.51. The highest BCUT2D eigenvalue weighted by atomic mass is 15.0. The average Bonchev–Trinajstić information content (AvgIpc) is 3.60. The summed E-state index contributed by atoms with van der Waals surface area (Å²) in [5, 5.41) is 3.50. The molecule has 10 rings (SSSR count). The van der Waals surface area contributed by atoms with Crippen LogP contribution in [0.2, 0.25) is 0 Å². The van der Waals surface area contributed by atoms with Crippen LogP contribution >= 0.6 is 0 Å². The largest absolute Gasteiger partial charge is 0.309 e. The summed E-state index contributed by atoms with van der Waals surface area (Å²) in [6.07, 6.45) is 7.03. The van der Waals surface area contributed by atoms with E-state index in [1.807, 2.05) is 24.3 Å². The minimum atomic E-state index is 0.0629. The van der Waals surface area contributed by atoms with Gasteiger partial charge in [-0.15, -0.1) is 0 Å². The van der Waals surface area contributed by atoms with Crippen LogP contribution in [0, 0.1) is 5.92 Å². The molecule has 0 spiro atoms. The Labute approximate surface area is 314 Å². The molecule has 256 valence electrons. The number of aromatic nitrogens is 4. The molecule has 0 N–H and O–H groups in total. The van der Waals surface area contributed by atoms with Gasteiger partial charge in [0, 0.05) is 44.5 Å². The molecule has 1 aliphatic carbocycles. The van der Waals surface area contributed by atoms with Crippen LogP contribution < -0.4 is 0 Å². The second-order valence-electron chi connectivity index (χ2n) is 14.1. The van der Waals surface area contributed by atoms with Gasteiger partial charge in [-0.05, 0) is 41.3 Å². The normalized spacial score (nSPS) is 15.5. The van der Waals surface area contributed by atoms with E-state index < -0.39 is 0 Å². The van der Waals surface area contributed by atoms with Crippen LogP contribution in [0.25, 0.3) is 83.4 Å². The smallest absolute Gasteiger partial charge is 0.160 e. The van der Waals surface area contributed by atoms with E-state index in [4.69, 9.17) is 15.0 Å². The van der Waals surface area contributed by atoms with Crippen molar-refractivity contribution in [3.8, 4) is 45.0 Å². The molecule has 9 aromatic rings. The molecule has 2 unspecified atom stereocenters. The number of rotatable bonds is 6. The Kier molecular flexibility index (Phi) is 7.80. The maximum Gasteiger partial charge on any atom is 0.160 e. The quantitative estimate of drug-likeness (QED) is 0.174. The fourth-order valence-electron chi connectivity index (χ4n) is 8.04. The van der Waals surface area contributed by atoms with Gasteiger partial charge in [-0.3, -0.25) is 0 Å². The first-order valence-electron chi connectivity index (χ1n) is 18.6. The zero-order chi connectivity index (χ0) is 36.0. The van der Waals surface area contributed by atoms with Crippen LogP contribution in [0.15, 0.2) is 188 Å². The Balaban J connectivity index is 1.10. The number of hydrogen-bond acceptors (Lipinski definition) is 3. The predicted molar refractivity (Wildman–Crippen MR) is 224 cm³/mol. The van der Waals surface area contributed by atoms with Crippen LogP contribution in [0.5, 0.6) is 0 Å². The Hall–Kier alpha value is -6.91. The van der Waals surface area contributed by atoms with Crippen LogP contribution in [0.1, 0.15) is 18.5 Å². The van der Waals surface area contributed by atoms with E-state index in [2.05, 4.69) is 175 Å². The van der Waals surface area contributed by atoms with Gasteiger partial charge >= 0.3 is 0 Å². The molecule has 6 aromatic carbocycles. The Morgan fingerprint density at radius 3 is 1.83 bits per heavy atom. The molecule has 3 heterocycles. The summed E-state index contributed by atoms with van der Waals surface area (Å²) in [5.74, 6) is 0.961. The van der Waals surface area contributed by atoms with Gasteiger partial charge in [0.2, 0.25) is 0 Å². The predicted octanol–water partition coefficient (Wildman–Crippen LogP) is 12.6. The number of benzene rings is 6. The molecule has 0 amide bonds. The molecule has 2 atom stereocenters. The maximum absolute atomic E-state index is 5.27. The minimum Gasteiger partial charge on any atom is -0.309 e. The SMILES string of the molecule is CC1C=C(n2c3ccccc3c3c(-c4ccccc4)nc4ccccc4c32)C=CC1c1cc(-c2ccc(-c3ccccc3)cc2)nc(-c2ccccc2)n1. The molecule has 0 saturated heterocycles. The standard InChI is InChI=1S/C50H36N4/c1-33-31-39(54-46-24-14-12-22-42(46)47-48(37-17-7-3-8-18-37)51-43-23-13-11-21-41(43)49(47)54)29-30-40(33)45-32-44(52-50(53-45)38-19-9-4-10-20-38)36-27-25-35(26-28-36)34-15-5-2-6-16-34/h2-33,40H,1H3. The van der Waals surface area contributed by atoms with Gasteiger partial charge < -0.3 is 4.57 Å². The average molecular weight is 693 g/mol. The van der Waals surface area contributed by atoms with Crippen molar-refractivity contribution >= 4 is 38.4 Å². The van der Waals surface area contributed by atoms with E-state index in [-0.39, 0.29) is 11.8 Å². The van der Waals surface area contributed by atoms with Crippen molar-refractivity contribution in [2.75, 3.05) is 0 Å². The summed E-state index contributed by atoms with van der Waals surface area (Å²) in [6.45, 7) is 2.30. The molecule has 0 radical (unpaired) electrons. The maximum atomic E-state index is 5.27. The third-order valence-electron chi connectivity index (χ3n) is 10.7. The second kappa shape index (κ2) is 13.3. The van der Waals surface area contributed by atoms with E-state index in [0.717, 1.165) is 56.2 Å². The number of nitrogens with zero attached hydrogens (tertiary/aromatic N) is 4. The lowest BCUT2D eigenvalue weighted by Crippen LogP contribution is -2.13. The van der Waals surface area contributed by atoms with E-state index in [1.54, 1.807) is 0 Å². The first-order chi connectivity index (χ1) is 26.7. The highest BCUT2D eigenvalue weighted by Gasteiger charge is 2.26. The van der Waals surface area contributed by atoms with Gasteiger partial charge in [-0.25, -0.2) is 15.0 Å². The van der Waals surface area contributed by atoms with Crippen molar-refractivity contribution in [2.24, 2.45) is 5.92 Å². The number of hydrogen-bond donors (Lipinski definition) is 0. The highest BCUT2D eigenvalue weighted by Crippen LogP contribution is 2.43. The van der Waals surface area contributed by atoms with Crippen molar-refractivity contribution in [2.45, 2.75) is 12.8 Å². The summed E-state index contributed by atoms with van der Waals surface area (Å²) in [7, 11) is 0. The van der Waals surface area contributed by atoms with Crippen LogP contribution in [-0.2, 0) is 0 Å². The molecule has 54 heavy (non-hydrogen) atoms. The van der Waals surface area contributed by atoms with Crippen molar-refractivity contribution in [3.05, 3.63) is 194 Å². The van der Waals surface area contributed by atoms with Gasteiger partial charge in [0.05, 0.1) is 33.6 Å². The Morgan fingerprint density at radius 1 is 0.519 bits per heavy atom. The lowest BCUT2D eigenvalue weighted by Gasteiger charge is -2.25. The van der Waals surface area contributed by atoms with Crippen LogP contribution in [0.4, 0.5) is 0 Å². The third-order valence-corrected chi connectivity index (χ3v) is 10.7. The Bertz CT molecular complexity index is 2870. The molecule has 3 aromatic heterocycles. The van der Waals surface area contributed by atoms with Gasteiger partial charge in [-0.2, -0.15) is 0 Å². The minimum absolute atomic E-state index is 0.0629. The molecule has 0 bridgehead atoms. The zero-order valence-corrected chi connectivity index (χ0v) is 29.8. The summed E-state index contributed by atoms with van der Waals surface area (Å²) >= 11 is 0. The molecule has 4 nitrogen and oxygen atoms in total. The first-order valence-corrected chi connectivity index (χ1v) is 18.6. The lowest BCUT2D eigenvalue weighted by atomic mass is 9.85. The molecule has 0 aliphatic heterocycles. The Morgan fingerprint density at radius 2 is 1.11 bits per heavy atom. The molecular weight excluding hydrogens is 657 g/mol. The lowest BCUT2D eigenvalue weighted by molar-refractivity contribution is 0.619. The summed E-state index contributed by atoms with van der Waals surface area (Å²) < 4.78 is 2.44. The van der Waals surface area contributed by atoms with E-state index >= 15 is 0 Å². The summed E-state index contributed by atoms with van der Waals surface area (Å²) in [6, 6.07) is 59.5. The van der Waals surface area contributed by atoms with Crippen molar-refractivity contribution in [1.82, 2.24) is 19.5 Å². The first kappa shape index (κ1) is 31.8. The molecule has 0 saturated carbocycles. The molecule has 0 fully saturated rings. The van der Waals surface area contributed by atoms with Crippen LogP contribution in [-0.4, -0.2) is 19.5 Å².